The molecule has 1 fully saturated rings. The molecular weight excluding hydrogens is 268 g/mol. The van der Waals surface area contributed by atoms with Gasteiger partial charge in [0.2, 0.25) is 0 Å². The molecule has 1 unspecified atom stereocenters. The Hall–Kier alpha value is -2.04. The highest BCUT2D eigenvalue weighted by Gasteiger charge is 2.36. The molecule has 1 aromatic rings. The van der Waals surface area contributed by atoms with Crippen molar-refractivity contribution in [2.24, 2.45) is 5.92 Å². The van der Waals surface area contributed by atoms with E-state index in [0.717, 1.165) is 17.9 Å². The van der Waals surface area contributed by atoms with Crippen LogP contribution >= 0.6 is 0 Å². The van der Waals surface area contributed by atoms with Crippen molar-refractivity contribution in [3.63, 3.8) is 0 Å². The molecule has 5 nitrogen and oxygen atoms in total. The van der Waals surface area contributed by atoms with Gasteiger partial charge in [0.25, 0.3) is 0 Å². The van der Waals surface area contributed by atoms with E-state index in [1.165, 1.54) is 19.3 Å². The lowest BCUT2D eigenvalue weighted by Gasteiger charge is -2.18. The number of rotatable bonds is 5. The van der Waals surface area contributed by atoms with Crippen LogP contribution in [0, 0.1) is 5.92 Å². The van der Waals surface area contributed by atoms with Gasteiger partial charge in [0, 0.05) is 18.8 Å². The van der Waals surface area contributed by atoms with E-state index < -0.39 is 11.9 Å². The first-order chi connectivity index (χ1) is 10.2. The van der Waals surface area contributed by atoms with E-state index in [1.54, 1.807) is 11.0 Å². The zero-order valence-electron chi connectivity index (χ0n) is 11.9. The zero-order chi connectivity index (χ0) is 14.8. The van der Waals surface area contributed by atoms with Crippen LogP contribution in [0.15, 0.2) is 24.3 Å². The van der Waals surface area contributed by atoms with Gasteiger partial charge in [0.05, 0.1) is 0 Å². The van der Waals surface area contributed by atoms with Crippen LogP contribution in [0.2, 0.25) is 0 Å². The third kappa shape index (κ3) is 3.01. The molecule has 1 atom stereocenters. The minimum atomic E-state index is -0.883. The van der Waals surface area contributed by atoms with Crippen LogP contribution in [0.25, 0.3) is 0 Å². The molecule has 21 heavy (non-hydrogen) atoms. The largest absolute Gasteiger partial charge is 0.481 e. The van der Waals surface area contributed by atoms with Crippen LogP contribution in [-0.2, 0) is 4.79 Å². The number of carboxylic acid groups (broad SMARTS) is 1. The minimum Gasteiger partial charge on any atom is -0.481 e. The summed E-state index contributed by atoms with van der Waals surface area (Å²) in [4.78, 5) is 25.1. The maximum absolute atomic E-state index is 12.3. The average Bonchev–Trinajstić information content (AvgIpc) is 3.21. The summed E-state index contributed by atoms with van der Waals surface area (Å²) in [6, 6.07) is 7.04. The number of carbonyl (C=O) groups excluding carboxylic acids is 1. The fourth-order valence-corrected chi connectivity index (χ4v) is 2.90. The first kappa shape index (κ1) is 13.9. The Morgan fingerprint density at radius 2 is 2.05 bits per heavy atom. The van der Waals surface area contributed by atoms with Crippen molar-refractivity contribution >= 4 is 17.7 Å². The second kappa shape index (κ2) is 5.76. The molecule has 1 aromatic carbocycles. The number of carboxylic acids is 1. The molecule has 1 aliphatic carbocycles. The van der Waals surface area contributed by atoms with Gasteiger partial charge < -0.3 is 10.4 Å². The lowest BCUT2D eigenvalue weighted by Crippen LogP contribution is -2.40. The number of anilines is 1. The quantitative estimate of drug-likeness (QED) is 0.818. The number of fused-ring (bicyclic) bond motifs is 1. The Bertz CT molecular complexity index is 554. The molecule has 0 spiro atoms. The topological polar surface area (TPSA) is 69.6 Å². The van der Waals surface area contributed by atoms with E-state index in [2.05, 4.69) is 5.32 Å². The van der Waals surface area contributed by atoms with Crippen LogP contribution in [-0.4, -0.2) is 30.2 Å². The van der Waals surface area contributed by atoms with E-state index in [0.29, 0.717) is 12.2 Å². The Morgan fingerprint density at radius 3 is 2.76 bits per heavy atom. The smallest absolute Gasteiger partial charge is 0.321 e. The summed E-state index contributed by atoms with van der Waals surface area (Å²) in [5.41, 5.74) is 1.43. The number of para-hydroxylation sites is 1. The number of nitrogens with zero attached hydrogens (tertiary/aromatic N) is 1. The maximum Gasteiger partial charge on any atom is 0.321 e. The summed E-state index contributed by atoms with van der Waals surface area (Å²) in [5, 5.41) is 12.2. The van der Waals surface area contributed by atoms with Crippen LogP contribution in [0.5, 0.6) is 0 Å². The van der Waals surface area contributed by atoms with Crippen LogP contribution < -0.4 is 10.2 Å². The molecule has 2 aliphatic rings. The van der Waals surface area contributed by atoms with Gasteiger partial charge in [0.15, 0.2) is 0 Å². The summed E-state index contributed by atoms with van der Waals surface area (Å²) in [7, 11) is 0. The molecule has 112 valence electrons. The molecule has 5 heteroatoms. The van der Waals surface area contributed by atoms with Crippen molar-refractivity contribution in [3.05, 3.63) is 29.8 Å². The maximum atomic E-state index is 12.3. The lowest BCUT2D eigenvalue weighted by atomic mass is 10.0. The predicted molar refractivity (Wildman–Crippen MR) is 79.5 cm³/mol. The van der Waals surface area contributed by atoms with Crippen LogP contribution in [0.3, 0.4) is 0 Å². The molecule has 0 aromatic heterocycles. The molecule has 3 rings (SSSR count). The zero-order valence-corrected chi connectivity index (χ0v) is 11.9. The normalized spacial score (nSPS) is 20.2. The molecule has 0 saturated heterocycles. The number of hydrogen-bond acceptors (Lipinski definition) is 2. The molecule has 2 amide bonds. The van der Waals surface area contributed by atoms with Gasteiger partial charge in [0.1, 0.15) is 5.92 Å². The van der Waals surface area contributed by atoms with Gasteiger partial charge in [-0.3, -0.25) is 9.69 Å². The number of amides is 2. The number of urea groups is 1. The first-order valence-electron chi connectivity index (χ1n) is 7.54. The molecule has 2 N–H and O–H groups in total. The van der Waals surface area contributed by atoms with Crippen molar-refractivity contribution in [3.8, 4) is 0 Å². The average molecular weight is 288 g/mol. The van der Waals surface area contributed by atoms with Crippen molar-refractivity contribution in [1.29, 1.82) is 0 Å². The van der Waals surface area contributed by atoms with E-state index in [-0.39, 0.29) is 12.6 Å². The summed E-state index contributed by atoms with van der Waals surface area (Å²) in [6.07, 6.45) is 4.82. The minimum absolute atomic E-state index is 0.193. The summed E-state index contributed by atoms with van der Waals surface area (Å²) in [6.45, 7) is 0.870. The van der Waals surface area contributed by atoms with Crippen LogP contribution in [0.4, 0.5) is 10.5 Å². The fraction of sp³-hybridized carbons (Fsp3) is 0.500. The lowest BCUT2D eigenvalue weighted by molar-refractivity contribution is -0.138. The number of carbonyl (C=O) groups is 2. The van der Waals surface area contributed by atoms with E-state index in [1.807, 2.05) is 18.2 Å². The van der Waals surface area contributed by atoms with Gasteiger partial charge in [-0.15, -0.1) is 0 Å². The molecule has 1 saturated carbocycles. The summed E-state index contributed by atoms with van der Waals surface area (Å²) in [5.74, 6) is -0.643. The SMILES string of the molecule is O=C(O)C1CN(C(=O)NCCCC2CC2)c2ccccc21. The van der Waals surface area contributed by atoms with E-state index in [4.69, 9.17) is 0 Å². The van der Waals surface area contributed by atoms with Crippen molar-refractivity contribution < 1.29 is 14.7 Å². The third-order valence-electron chi connectivity index (χ3n) is 4.27. The van der Waals surface area contributed by atoms with Crippen molar-refractivity contribution in [1.82, 2.24) is 5.32 Å². The van der Waals surface area contributed by atoms with Gasteiger partial charge in [-0.05, 0) is 30.4 Å². The fourth-order valence-electron chi connectivity index (χ4n) is 2.90. The highest BCUT2D eigenvalue weighted by Crippen LogP contribution is 2.36. The molecule has 1 heterocycles. The molecule has 1 aliphatic heterocycles. The number of hydrogen-bond donors (Lipinski definition) is 2. The summed E-state index contributed by atoms with van der Waals surface area (Å²) < 4.78 is 0. The second-order valence-corrected chi connectivity index (χ2v) is 5.88. The molecule has 0 bridgehead atoms. The summed E-state index contributed by atoms with van der Waals surface area (Å²) >= 11 is 0. The van der Waals surface area contributed by atoms with Gasteiger partial charge >= 0.3 is 12.0 Å². The standard InChI is InChI=1S/C16H20N2O3/c19-15(20)13-10-18(14-6-2-1-5-12(13)14)16(21)17-9-3-4-11-7-8-11/h1-2,5-6,11,13H,3-4,7-10H2,(H,17,21)(H,19,20). The monoisotopic (exact) mass is 288 g/mol. The Morgan fingerprint density at radius 1 is 1.29 bits per heavy atom. The Balaban J connectivity index is 1.62. The molecule has 0 radical (unpaired) electrons. The van der Waals surface area contributed by atoms with Gasteiger partial charge in [-0.1, -0.05) is 31.0 Å². The van der Waals surface area contributed by atoms with Gasteiger partial charge in [-0.2, -0.15) is 0 Å². The highest BCUT2D eigenvalue weighted by atomic mass is 16.4. The third-order valence-corrected chi connectivity index (χ3v) is 4.27. The highest BCUT2D eigenvalue weighted by molar-refractivity contribution is 5.97. The molecular formula is C16H20N2O3. The Labute approximate surface area is 123 Å². The first-order valence-corrected chi connectivity index (χ1v) is 7.54. The number of benzene rings is 1. The second-order valence-electron chi connectivity index (χ2n) is 5.88. The van der Waals surface area contributed by atoms with Gasteiger partial charge in [-0.25, -0.2) is 4.79 Å². The van der Waals surface area contributed by atoms with Crippen molar-refractivity contribution in [2.75, 3.05) is 18.0 Å². The number of nitrogens with one attached hydrogen (secondary N) is 1. The van der Waals surface area contributed by atoms with Crippen LogP contribution in [0.1, 0.15) is 37.2 Å². The predicted octanol–water partition coefficient (Wildman–Crippen LogP) is 2.57. The van der Waals surface area contributed by atoms with E-state index in [9.17, 15) is 14.7 Å². The Kier molecular flexibility index (Phi) is 3.82. The van der Waals surface area contributed by atoms with E-state index >= 15 is 0 Å². The van der Waals surface area contributed by atoms with Crippen molar-refractivity contribution in [2.45, 2.75) is 31.6 Å². The number of aliphatic carboxylic acids is 1.